The molecule has 0 unspecified atom stereocenters. The Hall–Kier alpha value is -0.530. The van der Waals surface area contributed by atoms with Gasteiger partial charge in [-0.05, 0) is 20.3 Å². The molecule has 0 aromatic carbocycles. The lowest BCUT2D eigenvalue weighted by molar-refractivity contribution is -0.130. The molecule has 60 valence electrons. The van der Waals surface area contributed by atoms with Gasteiger partial charge in [0.05, 0.1) is 0 Å². The summed E-state index contributed by atoms with van der Waals surface area (Å²) in [6.07, 6.45) is 2.06. The van der Waals surface area contributed by atoms with Gasteiger partial charge in [-0.15, -0.1) is 0 Å². The predicted molar refractivity (Wildman–Crippen MR) is 42.8 cm³/mol. The molecule has 2 nitrogen and oxygen atoms in total. The topological polar surface area (TPSA) is 20.3 Å². The van der Waals surface area contributed by atoms with E-state index < -0.39 is 0 Å². The number of hydrogen-bond donors (Lipinski definition) is 0. The number of rotatable bonds is 1. The van der Waals surface area contributed by atoms with Crippen molar-refractivity contribution in [1.29, 1.82) is 0 Å². The van der Waals surface area contributed by atoms with E-state index in [1.165, 1.54) is 0 Å². The maximum absolute atomic E-state index is 10.1. The van der Waals surface area contributed by atoms with Gasteiger partial charge in [-0.25, -0.2) is 0 Å². The molecule has 1 aliphatic rings. The zero-order chi connectivity index (χ0) is 8.20. The van der Waals surface area contributed by atoms with Crippen LogP contribution in [0.5, 0.6) is 0 Å². The molecular formula is C8H17NO. The van der Waals surface area contributed by atoms with Gasteiger partial charge in [-0.3, -0.25) is 4.79 Å². The lowest BCUT2D eigenvalue weighted by Gasteiger charge is -2.45. The summed E-state index contributed by atoms with van der Waals surface area (Å²) in [5.41, 5.74) is 0.155. The van der Waals surface area contributed by atoms with Crippen molar-refractivity contribution < 1.29 is 4.79 Å². The van der Waals surface area contributed by atoms with E-state index in [2.05, 4.69) is 13.8 Å². The molecule has 0 atom stereocenters. The Morgan fingerprint density at radius 2 is 1.90 bits per heavy atom. The fraction of sp³-hybridized carbons (Fsp3) is 0.875. The van der Waals surface area contributed by atoms with Crippen molar-refractivity contribution in [1.82, 2.24) is 4.90 Å². The van der Waals surface area contributed by atoms with Gasteiger partial charge in [0.15, 0.2) is 0 Å². The van der Waals surface area contributed by atoms with Crippen molar-refractivity contribution >= 4 is 6.41 Å². The van der Waals surface area contributed by atoms with E-state index in [0.717, 1.165) is 19.4 Å². The van der Waals surface area contributed by atoms with E-state index in [-0.39, 0.29) is 5.54 Å². The van der Waals surface area contributed by atoms with E-state index in [0.29, 0.717) is 0 Å². The minimum absolute atomic E-state index is 0.155. The predicted octanol–water partition coefficient (Wildman–Crippen LogP) is 1.65. The van der Waals surface area contributed by atoms with Crippen molar-refractivity contribution in [3.05, 3.63) is 0 Å². The number of hydrogen-bond acceptors (Lipinski definition) is 1. The highest BCUT2D eigenvalue weighted by molar-refractivity contribution is 5.50. The van der Waals surface area contributed by atoms with E-state index in [4.69, 9.17) is 0 Å². The lowest BCUT2D eigenvalue weighted by atomic mass is 9.90. The molecule has 0 N–H and O–H groups in total. The van der Waals surface area contributed by atoms with Crippen molar-refractivity contribution in [2.45, 2.75) is 39.7 Å². The summed E-state index contributed by atoms with van der Waals surface area (Å²) in [4.78, 5) is 11.9. The third-order valence-electron chi connectivity index (χ3n) is 1.87. The molecule has 0 saturated carbocycles. The first-order valence-electron chi connectivity index (χ1n) is 3.89. The van der Waals surface area contributed by atoms with Gasteiger partial charge >= 0.3 is 0 Å². The Balaban J connectivity index is 0.000000371. The summed E-state index contributed by atoms with van der Waals surface area (Å²) >= 11 is 0. The molecular weight excluding hydrogens is 126 g/mol. The van der Waals surface area contributed by atoms with Gasteiger partial charge in [0.2, 0.25) is 6.41 Å². The van der Waals surface area contributed by atoms with E-state index in [9.17, 15) is 4.79 Å². The van der Waals surface area contributed by atoms with Gasteiger partial charge in [-0.2, -0.15) is 0 Å². The Bertz CT molecular complexity index is 110. The second-order valence-electron chi connectivity index (χ2n) is 2.86. The molecule has 10 heavy (non-hydrogen) atoms. The summed E-state index contributed by atoms with van der Waals surface area (Å²) in [6, 6.07) is 0. The van der Waals surface area contributed by atoms with Crippen LogP contribution in [-0.4, -0.2) is 23.4 Å². The Kier molecular flexibility index (Phi) is 3.40. The number of carbonyl (C=O) groups is 1. The Morgan fingerprint density at radius 1 is 1.40 bits per heavy atom. The van der Waals surface area contributed by atoms with Crippen LogP contribution in [0.1, 0.15) is 34.1 Å². The molecule has 0 aliphatic carbocycles. The highest BCUT2D eigenvalue weighted by Crippen LogP contribution is 2.26. The van der Waals surface area contributed by atoms with Crippen LogP contribution in [0.15, 0.2) is 0 Å². The van der Waals surface area contributed by atoms with E-state index in [1.807, 2.05) is 18.7 Å². The zero-order valence-electron chi connectivity index (χ0n) is 7.35. The second-order valence-corrected chi connectivity index (χ2v) is 2.86. The van der Waals surface area contributed by atoms with Gasteiger partial charge < -0.3 is 4.90 Å². The average Bonchev–Trinajstić information content (AvgIpc) is 1.92. The van der Waals surface area contributed by atoms with E-state index in [1.54, 1.807) is 0 Å². The molecule has 0 aromatic heterocycles. The van der Waals surface area contributed by atoms with Crippen molar-refractivity contribution in [2.75, 3.05) is 6.54 Å². The van der Waals surface area contributed by atoms with Gasteiger partial charge in [0.25, 0.3) is 0 Å². The molecule has 0 radical (unpaired) electrons. The van der Waals surface area contributed by atoms with Gasteiger partial charge in [0.1, 0.15) is 0 Å². The van der Waals surface area contributed by atoms with Gasteiger partial charge in [-0.1, -0.05) is 13.8 Å². The molecule has 2 heteroatoms. The van der Waals surface area contributed by atoms with Crippen LogP contribution in [0.2, 0.25) is 0 Å². The molecule has 1 rings (SSSR count). The maximum Gasteiger partial charge on any atom is 0.210 e. The third kappa shape index (κ3) is 1.72. The number of amides is 1. The highest BCUT2D eigenvalue weighted by atomic mass is 16.1. The number of likely N-dealkylation sites (tertiary alicyclic amines) is 1. The summed E-state index contributed by atoms with van der Waals surface area (Å²) in [6.45, 7) is 9.09. The van der Waals surface area contributed by atoms with Crippen LogP contribution in [0.3, 0.4) is 0 Å². The SMILES string of the molecule is CC.CC1(C)CCN1C=O. The standard InChI is InChI=1S/C6H11NO.C2H6/c1-6(2)3-4-7(6)5-8;1-2/h5H,3-4H2,1-2H3;1-2H3. The number of nitrogens with zero attached hydrogens (tertiary/aromatic N) is 1. The van der Waals surface area contributed by atoms with Crippen LogP contribution < -0.4 is 0 Å². The molecule has 0 bridgehead atoms. The molecule has 1 aliphatic heterocycles. The maximum atomic E-state index is 10.1. The third-order valence-corrected chi connectivity index (χ3v) is 1.87. The monoisotopic (exact) mass is 143 g/mol. The van der Waals surface area contributed by atoms with E-state index >= 15 is 0 Å². The molecule has 0 spiro atoms. The molecule has 1 saturated heterocycles. The highest BCUT2D eigenvalue weighted by Gasteiger charge is 2.34. The normalized spacial score (nSPS) is 20.2. The molecule has 1 fully saturated rings. The fourth-order valence-electron chi connectivity index (χ4n) is 0.883. The second kappa shape index (κ2) is 3.59. The lowest BCUT2D eigenvalue weighted by Crippen LogP contribution is -2.54. The largest absolute Gasteiger partial charge is 0.340 e. The summed E-state index contributed by atoms with van der Waals surface area (Å²) in [5, 5.41) is 0. The molecule has 1 heterocycles. The van der Waals surface area contributed by atoms with Gasteiger partial charge in [0, 0.05) is 12.1 Å². The van der Waals surface area contributed by atoms with Crippen LogP contribution in [-0.2, 0) is 4.79 Å². The van der Waals surface area contributed by atoms with Crippen molar-refractivity contribution in [2.24, 2.45) is 0 Å². The minimum Gasteiger partial charge on any atom is -0.340 e. The summed E-state index contributed by atoms with van der Waals surface area (Å²) in [5.74, 6) is 0. The van der Waals surface area contributed by atoms with Crippen molar-refractivity contribution in [3.8, 4) is 0 Å². The average molecular weight is 143 g/mol. The minimum atomic E-state index is 0.155. The smallest absolute Gasteiger partial charge is 0.210 e. The molecule has 0 aromatic rings. The Morgan fingerprint density at radius 3 is 1.90 bits per heavy atom. The quantitative estimate of drug-likeness (QED) is 0.511. The zero-order valence-corrected chi connectivity index (χ0v) is 7.35. The number of carbonyl (C=O) groups excluding carboxylic acids is 1. The first kappa shape index (κ1) is 9.47. The van der Waals surface area contributed by atoms with Crippen LogP contribution in [0.25, 0.3) is 0 Å². The molecule has 1 amide bonds. The first-order chi connectivity index (χ1) is 4.67. The summed E-state index contributed by atoms with van der Waals surface area (Å²) in [7, 11) is 0. The fourth-order valence-corrected chi connectivity index (χ4v) is 0.883. The first-order valence-corrected chi connectivity index (χ1v) is 3.89. The van der Waals surface area contributed by atoms with Crippen LogP contribution in [0, 0.1) is 0 Å². The summed E-state index contributed by atoms with van der Waals surface area (Å²) < 4.78 is 0. The van der Waals surface area contributed by atoms with Crippen LogP contribution >= 0.6 is 0 Å². The van der Waals surface area contributed by atoms with Crippen LogP contribution in [0.4, 0.5) is 0 Å². The van der Waals surface area contributed by atoms with Crippen molar-refractivity contribution in [3.63, 3.8) is 0 Å². The Labute approximate surface area is 63.2 Å².